The van der Waals surface area contributed by atoms with Crippen LogP contribution in [0.5, 0.6) is 0 Å². The zero-order valence-electron chi connectivity index (χ0n) is 10.3. The van der Waals surface area contributed by atoms with E-state index in [4.69, 9.17) is 29.0 Å². The van der Waals surface area contributed by atoms with Gasteiger partial charge in [0.05, 0.1) is 16.1 Å². The van der Waals surface area contributed by atoms with Crippen LogP contribution >= 0.6 is 39.1 Å². The predicted octanol–water partition coefficient (Wildman–Crippen LogP) is 4.62. The number of hydrogen-bond acceptors (Lipinski definition) is 2. The van der Waals surface area contributed by atoms with Gasteiger partial charge in [0.1, 0.15) is 0 Å². The second-order valence-electron chi connectivity index (χ2n) is 4.27. The molecule has 0 spiro atoms. The van der Waals surface area contributed by atoms with Gasteiger partial charge in [0.2, 0.25) is 0 Å². The number of halogens is 3. The Morgan fingerprint density at radius 1 is 1.16 bits per heavy atom. The van der Waals surface area contributed by atoms with E-state index in [0.29, 0.717) is 10.0 Å². The van der Waals surface area contributed by atoms with E-state index in [0.717, 1.165) is 15.6 Å². The van der Waals surface area contributed by atoms with Crippen molar-refractivity contribution in [3.8, 4) is 0 Å². The molecule has 0 aliphatic heterocycles. The lowest BCUT2D eigenvalue weighted by Gasteiger charge is -2.20. The van der Waals surface area contributed by atoms with Gasteiger partial charge >= 0.3 is 0 Å². The summed E-state index contributed by atoms with van der Waals surface area (Å²) in [6.07, 6.45) is 0. The normalized spacial score (nSPS) is 12.5. The van der Waals surface area contributed by atoms with Crippen molar-refractivity contribution < 1.29 is 0 Å². The second-order valence-corrected chi connectivity index (χ2v) is 5.91. The number of aryl methyl sites for hydroxylation is 1. The van der Waals surface area contributed by atoms with E-state index in [1.165, 1.54) is 5.56 Å². The summed E-state index contributed by atoms with van der Waals surface area (Å²) in [7, 11) is 0. The minimum atomic E-state index is -0.221. The summed E-state index contributed by atoms with van der Waals surface area (Å²) in [5, 5.41) is 1.03. The maximum Gasteiger partial charge on any atom is 0.0735 e. The van der Waals surface area contributed by atoms with Crippen LogP contribution in [0.4, 0.5) is 0 Å². The highest BCUT2D eigenvalue weighted by Crippen LogP contribution is 2.35. The molecule has 0 aliphatic rings. The molecule has 0 saturated heterocycles. The van der Waals surface area contributed by atoms with Crippen molar-refractivity contribution in [3.05, 3.63) is 67.6 Å². The molecular formula is C14H13BrCl2N2. The Morgan fingerprint density at radius 2 is 1.89 bits per heavy atom. The molecule has 2 aromatic rings. The Morgan fingerprint density at radius 3 is 2.53 bits per heavy atom. The number of benzene rings is 2. The monoisotopic (exact) mass is 358 g/mol. The molecule has 0 saturated carbocycles. The van der Waals surface area contributed by atoms with Gasteiger partial charge in [-0.1, -0.05) is 63.4 Å². The van der Waals surface area contributed by atoms with Gasteiger partial charge in [-0.2, -0.15) is 0 Å². The van der Waals surface area contributed by atoms with Crippen molar-refractivity contribution in [2.45, 2.75) is 13.0 Å². The lowest BCUT2D eigenvalue weighted by Crippen LogP contribution is -2.29. The molecule has 1 unspecified atom stereocenters. The fourth-order valence-corrected chi connectivity index (χ4v) is 3.10. The summed E-state index contributed by atoms with van der Waals surface area (Å²) in [5.74, 6) is 5.69. The molecule has 0 amide bonds. The largest absolute Gasteiger partial charge is 0.271 e. The molecule has 1 atom stereocenters. The third kappa shape index (κ3) is 3.12. The van der Waals surface area contributed by atoms with Crippen molar-refractivity contribution in [1.82, 2.24) is 5.43 Å². The summed E-state index contributed by atoms with van der Waals surface area (Å²) in [4.78, 5) is 0. The topological polar surface area (TPSA) is 38.0 Å². The Balaban J connectivity index is 2.53. The fraction of sp³-hybridized carbons (Fsp3) is 0.143. The summed E-state index contributed by atoms with van der Waals surface area (Å²) < 4.78 is 0.978. The second kappa shape index (κ2) is 6.25. The number of nitrogens with one attached hydrogen (secondary N) is 1. The van der Waals surface area contributed by atoms with E-state index in [2.05, 4.69) is 21.4 Å². The maximum atomic E-state index is 6.26. The van der Waals surface area contributed by atoms with Crippen LogP contribution in [0.25, 0.3) is 0 Å². The fourth-order valence-electron chi connectivity index (χ4n) is 1.96. The minimum absolute atomic E-state index is 0.221. The summed E-state index contributed by atoms with van der Waals surface area (Å²) in [6.45, 7) is 2.03. The van der Waals surface area contributed by atoms with Gasteiger partial charge in [0, 0.05) is 4.47 Å². The molecule has 3 N–H and O–H groups in total. The van der Waals surface area contributed by atoms with Crippen molar-refractivity contribution in [2.24, 2.45) is 5.84 Å². The zero-order valence-corrected chi connectivity index (χ0v) is 13.4. The van der Waals surface area contributed by atoms with Crippen LogP contribution in [0.2, 0.25) is 10.0 Å². The van der Waals surface area contributed by atoms with Crippen LogP contribution in [-0.4, -0.2) is 0 Å². The van der Waals surface area contributed by atoms with Gasteiger partial charge in [0.15, 0.2) is 0 Å². The number of hydrazine groups is 1. The average molecular weight is 360 g/mol. The highest BCUT2D eigenvalue weighted by molar-refractivity contribution is 9.10. The molecule has 19 heavy (non-hydrogen) atoms. The molecule has 0 heterocycles. The van der Waals surface area contributed by atoms with Crippen LogP contribution in [0.15, 0.2) is 40.9 Å². The van der Waals surface area contributed by atoms with Crippen LogP contribution < -0.4 is 11.3 Å². The quantitative estimate of drug-likeness (QED) is 0.620. The first-order chi connectivity index (χ1) is 9.04. The summed E-state index contributed by atoms with van der Waals surface area (Å²) in [6, 6.07) is 11.4. The van der Waals surface area contributed by atoms with E-state index in [1.54, 1.807) is 6.07 Å². The van der Waals surface area contributed by atoms with E-state index < -0.39 is 0 Å². The van der Waals surface area contributed by atoms with Crippen molar-refractivity contribution in [3.63, 3.8) is 0 Å². The Bertz CT molecular complexity index is 602. The van der Waals surface area contributed by atoms with E-state index in [9.17, 15) is 0 Å². The predicted molar refractivity (Wildman–Crippen MR) is 84.5 cm³/mol. The van der Waals surface area contributed by atoms with Crippen LogP contribution in [0.1, 0.15) is 22.7 Å². The SMILES string of the molecule is Cc1ccc(C(NN)c2cccc(Cl)c2Cl)c(Br)c1. The van der Waals surface area contributed by atoms with Gasteiger partial charge < -0.3 is 0 Å². The number of rotatable bonds is 3. The maximum absolute atomic E-state index is 6.26. The molecule has 100 valence electrons. The highest BCUT2D eigenvalue weighted by atomic mass is 79.9. The molecular weight excluding hydrogens is 347 g/mol. The summed E-state index contributed by atoms with van der Waals surface area (Å²) in [5.41, 5.74) is 5.82. The highest BCUT2D eigenvalue weighted by Gasteiger charge is 2.19. The standard InChI is InChI=1S/C14H13BrCl2N2/c1-8-5-6-9(11(15)7-8)14(19-18)10-3-2-4-12(16)13(10)17/h2-7,14,19H,18H2,1H3. The summed E-state index contributed by atoms with van der Waals surface area (Å²) >= 11 is 15.9. The first-order valence-corrected chi connectivity index (χ1v) is 7.25. The van der Waals surface area contributed by atoms with Gasteiger partial charge in [0.25, 0.3) is 0 Å². The van der Waals surface area contributed by atoms with Crippen molar-refractivity contribution in [2.75, 3.05) is 0 Å². The lowest BCUT2D eigenvalue weighted by atomic mass is 9.98. The van der Waals surface area contributed by atoms with Gasteiger partial charge in [-0.3, -0.25) is 5.84 Å². The van der Waals surface area contributed by atoms with Crippen LogP contribution in [0, 0.1) is 6.92 Å². The van der Waals surface area contributed by atoms with Gasteiger partial charge in [-0.15, -0.1) is 0 Å². The van der Waals surface area contributed by atoms with Gasteiger partial charge in [-0.05, 0) is 35.7 Å². The van der Waals surface area contributed by atoms with Crippen LogP contribution in [-0.2, 0) is 0 Å². The average Bonchev–Trinajstić information content (AvgIpc) is 2.37. The number of nitrogens with two attached hydrogens (primary N) is 1. The molecule has 0 bridgehead atoms. The Labute approximate surface area is 131 Å². The minimum Gasteiger partial charge on any atom is -0.271 e. The zero-order chi connectivity index (χ0) is 14.0. The lowest BCUT2D eigenvalue weighted by molar-refractivity contribution is 0.634. The molecule has 2 rings (SSSR count). The Hall–Kier alpha value is -0.580. The molecule has 0 fully saturated rings. The smallest absolute Gasteiger partial charge is 0.0735 e. The van der Waals surface area contributed by atoms with E-state index in [-0.39, 0.29) is 6.04 Å². The molecule has 2 nitrogen and oxygen atoms in total. The Kier molecular flexibility index (Phi) is 4.87. The molecule has 0 aromatic heterocycles. The first-order valence-electron chi connectivity index (χ1n) is 5.70. The third-order valence-corrected chi connectivity index (χ3v) is 4.45. The van der Waals surface area contributed by atoms with Gasteiger partial charge in [-0.25, -0.2) is 5.43 Å². The van der Waals surface area contributed by atoms with Crippen LogP contribution in [0.3, 0.4) is 0 Å². The number of hydrogen-bond donors (Lipinski definition) is 2. The van der Waals surface area contributed by atoms with E-state index >= 15 is 0 Å². The molecule has 0 radical (unpaired) electrons. The third-order valence-electron chi connectivity index (χ3n) is 2.93. The van der Waals surface area contributed by atoms with Crippen molar-refractivity contribution in [1.29, 1.82) is 0 Å². The van der Waals surface area contributed by atoms with E-state index in [1.807, 2.05) is 37.3 Å². The molecule has 5 heteroatoms. The first kappa shape index (κ1) is 14.8. The van der Waals surface area contributed by atoms with Crippen molar-refractivity contribution >= 4 is 39.1 Å². The molecule has 0 aliphatic carbocycles. The molecule has 2 aromatic carbocycles.